The van der Waals surface area contributed by atoms with Crippen molar-refractivity contribution in [3.8, 4) is 11.3 Å². The van der Waals surface area contributed by atoms with Crippen LogP contribution in [0.5, 0.6) is 0 Å². The van der Waals surface area contributed by atoms with Gasteiger partial charge in [0.2, 0.25) is 0 Å². The Morgan fingerprint density at radius 2 is 1.89 bits per heavy atom. The lowest BCUT2D eigenvalue weighted by Gasteiger charge is -2.28. The van der Waals surface area contributed by atoms with Crippen LogP contribution in [0.3, 0.4) is 0 Å². The van der Waals surface area contributed by atoms with Crippen LogP contribution in [0.4, 0.5) is 5.69 Å². The van der Waals surface area contributed by atoms with Gasteiger partial charge in [-0.25, -0.2) is 0 Å². The van der Waals surface area contributed by atoms with E-state index in [4.69, 9.17) is 21.9 Å². The van der Waals surface area contributed by atoms with E-state index in [1.807, 2.05) is 25.1 Å². The monoisotopic (exact) mass is 494 g/mol. The van der Waals surface area contributed by atoms with Crippen molar-refractivity contribution in [1.29, 1.82) is 0 Å². The first-order valence-corrected chi connectivity index (χ1v) is 12.4. The van der Waals surface area contributed by atoms with Gasteiger partial charge < -0.3 is 20.9 Å². The summed E-state index contributed by atoms with van der Waals surface area (Å²) in [5.74, 6) is 0.837. The molecule has 0 saturated heterocycles. The number of aryl methyl sites for hydroxylation is 2. The van der Waals surface area contributed by atoms with Crippen LogP contribution in [0.2, 0.25) is 5.02 Å². The Morgan fingerprint density at radius 1 is 1.11 bits per heavy atom. The molecule has 4 rings (SSSR count). The van der Waals surface area contributed by atoms with Gasteiger partial charge in [0.05, 0.1) is 5.02 Å². The number of rotatable bonds is 7. The lowest BCUT2D eigenvalue weighted by molar-refractivity contribution is 0.0939. The summed E-state index contributed by atoms with van der Waals surface area (Å²) in [6, 6.07) is 12.4. The van der Waals surface area contributed by atoms with Crippen molar-refractivity contribution in [2.75, 3.05) is 18.4 Å². The first-order chi connectivity index (χ1) is 16.9. The molecule has 2 amide bonds. The van der Waals surface area contributed by atoms with Gasteiger partial charge in [0.15, 0.2) is 0 Å². The molecule has 0 aliphatic heterocycles. The fourth-order valence-electron chi connectivity index (χ4n) is 4.70. The van der Waals surface area contributed by atoms with Crippen molar-refractivity contribution < 1.29 is 14.1 Å². The first-order valence-electron chi connectivity index (χ1n) is 12.0. The highest BCUT2D eigenvalue weighted by atomic mass is 35.5. The molecule has 1 aliphatic carbocycles. The van der Waals surface area contributed by atoms with E-state index in [1.54, 1.807) is 31.2 Å². The van der Waals surface area contributed by atoms with E-state index in [-0.39, 0.29) is 11.8 Å². The van der Waals surface area contributed by atoms with Crippen LogP contribution in [-0.4, -0.2) is 30.1 Å². The van der Waals surface area contributed by atoms with Crippen LogP contribution < -0.4 is 16.4 Å². The molecule has 1 heterocycles. The number of nitrogens with two attached hydrogens (primary N) is 1. The molecular weight excluding hydrogens is 464 g/mol. The normalized spacial score (nSPS) is 17.7. The second-order valence-electron chi connectivity index (χ2n) is 9.27. The van der Waals surface area contributed by atoms with Gasteiger partial charge in [-0.15, -0.1) is 0 Å². The molecule has 3 aromatic rings. The lowest BCUT2D eigenvalue weighted by atomic mass is 9.81. The van der Waals surface area contributed by atoms with E-state index >= 15 is 0 Å². The van der Waals surface area contributed by atoms with E-state index in [9.17, 15) is 9.59 Å². The fraction of sp³-hybridized carbons (Fsp3) is 0.370. The first kappa shape index (κ1) is 24.9. The number of carbonyl (C=O) groups is 2. The molecule has 1 fully saturated rings. The largest absolute Gasteiger partial charge is 0.360 e. The van der Waals surface area contributed by atoms with Crippen molar-refractivity contribution >= 4 is 29.1 Å². The number of hydrogen-bond acceptors (Lipinski definition) is 5. The van der Waals surface area contributed by atoms with Crippen LogP contribution >= 0.6 is 11.6 Å². The molecule has 0 spiro atoms. The summed E-state index contributed by atoms with van der Waals surface area (Å²) in [4.78, 5) is 26.1. The maximum Gasteiger partial charge on any atom is 0.261 e. The molecule has 7 nitrogen and oxygen atoms in total. The number of nitrogens with zero attached hydrogens (tertiary/aromatic N) is 1. The third-order valence-electron chi connectivity index (χ3n) is 6.74. The number of anilines is 1. The van der Waals surface area contributed by atoms with Crippen molar-refractivity contribution in [3.05, 3.63) is 69.9 Å². The van der Waals surface area contributed by atoms with Crippen molar-refractivity contribution in [2.24, 2.45) is 17.6 Å². The van der Waals surface area contributed by atoms with Crippen LogP contribution in [0.25, 0.3) is 11.3 Å². The number of amides is 2. The maximum absolute atomic E-state index is 13.3. The molecule has 35 heavy (non-hydrogen) atoms. The predicted molar refractivity (Wildman–Crippen MR) is 138 cm³/mol. The highest BCUT2D eigenvalue weighted by Gasteiger charge is 2.24. The predicted octanol–water partition coefficient (Wildman–Crippen LogP) is 5.36. The molecule has 8 heteroatoms. The van der Waals surface area contributed by atoms with E-state index in [2.05, 4.69) is 15.8 Å². The van der Waals surface area contributed by atoms with Crippen molar-refractivity contribution in [3.63, 3.8) is 0 Å². The summed E-state index contributed by atoms with van der Waals surface area (Å²) in [5.41, 5.74) is 9.01. The van der Waals surface area contributed by atoms with Crippen molar-refractivity contribution in [2.45, 2.75) is 39.5 Å². The summed E-state index contributed by atoms with van der Waals surface area (Å²) in [6.45, 7) is 4.89. The SMILES string of the molecule is Cc1ccc(C(=O)NCC2CCCC(CN)C2)cc1NC(=O)c1c(-c2ccccc2Cl)noc1C. The van der Waals surface area contributed by atoms with Crippen LogP contribution in [0.15, 0.2) is 47.0 Å². The van der Waals surface area contributed by atoms with E-state index in [0.29, 0.717) is 63.8 Å². The lowest BCUT2D eigenvalue weighted by Crippen LogP contribution is -2.33. The van der Waals surface area contributed by atoms with Gasteiger partial charge in [-0.3, -0.25) is 9.59 Å². The number of benzene rings is 2. The summed E-state index contributed by atoms with van der Waals surface area (Å²) < 4.78 is 5.32. The van der Waals surface area contributed by atoms with Gasteiger partial charge >= 0.3 is 0 Å². The minimum absolute atomic E-state index is 0.159. The standard InChI is InChI=1S/C27H31ClN4O3/c1-16-10-11-20(26(33)30-15-19-7-5-6-18(12-19)14-29)13-23(16)31-27(34)24-17(2)35-32-25(24)21-8-3-4-9-22(21)28/h3-4,8-11,13,18-19H,5-7,12,14-15,29H2,1-2H3,(H,30,33)(H,31,34). The highest BCUT2D eigenvalue weighted by Crippen LogP contribution is 2.32. The molecule has 184 valence electrons. The number of nitrogens with one attached hydrogen (secondary N) is 2. The Labute approximate surface area is 210 Å². The van der Waals surface area contributed by atoms with Crippen LogP contribution in [0, 0.1) is 25.7 Å². The van der Waals surface area contributed by atoms with Crippen LogP contribution in [0.1, 0.15) is 57.7 Å². The zero-order valence-corrected chi connectivity index (χ0v) is 20.8. The van der Waals surface area contributed by atoms with Gasteiger partial charge in [-0.1, -0.05) is 47.4 Å². The molecule has 2 unspecified atom stereocenters. The molecular formula is C27H31ClN4O3. The Kier molecular flexibility index (Phi) is 7.88. The Bertz CT molecular complexity index is 1220. The highest BCUT2D eigenvalue weighted by molar-refractivity contribution is 6.33. The van der Waals surface area contributed by atoms with Gasteiger partial charge in [-0.05, 0) is 75.3 Å². The van der Waals surface area contributed by atoms with Gasteiger partial charge in [0.25, 0.3) is 11.8 Å². The Morgan fingerprint density at radius 3 is 2.66 bits per heavy atom. The summed E-state index contributed by atoms with van der Waals surface area (Å²) in [5, 5.41) is 10.5. The quantitative estimate of drug-likeness (QED) is 0.409. The number of carbonyl (C=O) groups excluding carboxylic acids is 2. The molecule has 2 aromatic carbocycles. The van der Waals surface area contributed by atoms with E-state index in [1.165, 1.54) is 6.42 Å². The minimum atomic E-state index is -0.380. The fourth-order valence-corrected chi connectivity index (χ4v) is 4.93. The maximum atomic E-state index is 13.3. The number of halogens is 1. The molecule has 2 atom stereocenters. The minimum Gasteiger partial charge on any atom is -0.360 e. The van der Waals surface area contributed by atoms with Gasteiger partial charge in [-0.2, -0.15) is 0 Å². The second kappa shape index (κ2) is 11.1. The Balaban J connectivity index is 1.48. The molecule has 1 saturated carbocycles. The molecule has 1 aliphatic rings. The third kappa shape index (κ3) is 5.74. The number of aromatic nitrogens is 1. The van der Waals surface area contributed by atoms with Gasteiger partial charge in [0, 0.05) is 23.4 Å². The average Bonchev–Trinajstić information content (AvgIpc) is 3.25. The van der Waals surface area contributed by atoms with Crippen LogP contribution in [-0.2, 0) is 0 Å². The molecule has 0 bridgehead atoms. The molecule has 4 N–H and O–H groups in total. The zero-order valence-electron chi connectivity index (χ0n) is 20.1. The van der Waals surface area contributed by atoms with E-state index in [0.717, 1.165) is 24.8 Å². The second-order valence-corrected chi connectivity index (χ2v) is 9.68. The average molecular weight is 495 g/mol. The van der Waals surface area contributed by atoms with Gasteiger partial charge in [0.1, 0.15) is 17.0 Å². The summed E-state index contributed by atoms with van der Waals surface area (Å²) in [7, 11) is 0. The Hall–Kier alpha value is -3.16. The number of hydrogen-bond donors (Lipinski definition) is 3. The smallest absolute Gasteiger partial charge is 0.261 e. The van der Waals surface area contributed by atoms with Crippen molar-refractivity contribution in [1.82, 2.24) is 10.5 Å². The topological polar surface area (TPSA) is 110 Å². The third-order valence-corrected chi connectivity index (χ3v) is 7.07. The molecule has 0 radical (unpaired) electrons. The zero-order chi connectivity index (χ0) is 24.9. The summed E-state index contributed by atoms with van der Waals surface area (Å²) >= 11 is 6.32. The van der Waals surface area contributed by atoms with E-state index < -0.39 is 0 Å². The summed E-state index contributed by atoms with van der Waals surface area (Å²) in [6.07, 6.45) is 4.49. The molecule has 1 aromatic heterocycles.